The molecule has 1 aliphatic heterocycles. The van der Waals surface area contributed by atoms with Crippen LogP contribution < -0.4 is 15.8 Å². The van der Waals surface area contributed by atoms with Crippen molar-refractivity contribution in [3.63, 3.8) is 0 Å². The average molecular weight is 351 g/mol. The van der Waals surface area contributed by atoms with Crippen LogP contribution in [0.2, 0.25) is 0 Å². The molecule has 7 heteroatoms. The molecule has 3 rings (SSSR count). The topological polar surface area (TPSA) is 93.0 Å². The first-order valence-corrected chi connectivity index (χ1v) is 7.38. The van der Waals surface area contributed by atoms with Crippen LogP contribution in [-0.2, 0) is 13.0 Å². The first kappa shape index (κ1) is 13.9. The SMILES string of the molecule is Cc1[nH]nc(N)c1C(=O)NCc1cc(Br)cc2c1OCC2. The second kappa shape index (κ2) is 5.40. The standard InChI is InChI=1S/C14H15BrN4O2/c1-7-11(13(16)19-18-7)14(20)17-6-9-5-10(15)4-8-2-3-21-12(8)9/h4-5H,2-3,6H2,1H3,(H,17,20)(H3,16,18,19). The van der Waals surface area contributed by atoms with Crippen LogP contribution in [0.15, 0.2) is 16.6 Å². The molecule has 110 valence electrons. The average Bonchev–Trinajstić information content (AvgIpc) is 3.02. The van der Waals surface area contributed by atoms with Gasteiger partial charge in [-0.05, 0) is 24.6 Å². The lowest BCUT2D eigenvalue weighted by Gasteiger charge is -2.10. The van der Waals surface area contributed by atoms with Gasteiger partial charge in [0.25, 0.3) is 5.91 Å². The van der Waals surface area contributed by atoms with Crippen LogP contribution in [0.5, 0.6) is 5.75 Å². The Bertz CT molecular complexity index is 692. The third-order valence-corrected chi connectivity index (χ3v) is 3.92. The number of aromatic nitrogens is 2. The summed E-state index contributed by atoms with van der Waals surface area (Å²) in [4.78, 5) is 12.2. The number of aromatic amines is 1. The van der Waals surface area contributed by atoms with E-state index in [-0.39, 0.29) is 11.7 Å². The summed E-state index contributed by atoms with van der Waals surface area (Å²) in [6.07, 6.45) is 0.892. The Hall–Kier alpha value is -2.02. The Morgan fingerprint density at radius 2 is 2.38 bits per heavy atom. The van der Waals surface area contributed by atoms with Crippen molar-refractivity contribution in [2.24, 2.45) is 0 Å². The van der Waals surface area contributed by atoms with Crippen molar-refractivity contribution in [3.8, 4) is 5.75 Å². The molecule has 0 bridgehead atoms. The van der Waals surface area contributed by atoms with Crippen LogP contribution in [0, 0.1) is 6.92 Å². The maximum atomic E-state index is 12.2. The molecule has 0 saturated heterocycles. The predicted octanol–water partition coefficient (Wildman–Crippen LogP) is 1.93. The number of benzene rings is 1. The fraction of sp³-hybridized carbons (Fsp3) is 0.286. The van der Waals surface area contributed by atoms with E-state index in [1.54, 1.807) is 6.92 Å². The summed E-state index contributed by atoms with van der Waals surface area (Å²) in [6, 6.07) is 4.00. The molecular weight excluding hydrogens is 336 g/mol. The van der Waals surface area contributed by atoms with Gasteiger partial charge in [0.1, 0.15) is 11.3 Å². The summed E-state index contributed by atoms with van der Waals surface area (Å²) in [5.74, 6) is 0.835. The maximum absolute atomic E-state index is 12.2. The number of nitrogens with two attached hydrogens (primary N) is 1. The van der Waals surface area contributed by atoms with Gasteiger partial charge in [0.15, 0.2) is 5.82 Å². The third-order valence-electron chi connectivity index (χ3n) is 3.47. The van der Waals surface area contributed by atoms with Crippen molar-refractivity contribution < 1.29 is 9.53 Å². The summed E-state index contributed by atoms with van der Waals surface area (Å²) in [5.41, 5.74) is 8.84. The molecule has 0 radical (unpaired) electrons. The number of fused-ring (bicyclic) bond motifs is 1. The number of nitrogens with zero attached hydrogens (tertiary/aromatic N) is 1. The second-order valence-electron chi connectivity index (χ2n) is 4.94. The van der Waals surface area contributed by atoms with E-state index in [2.05, 4.69) is 31.4 Å². The monoisotopic (exact) mass is 350 g/mol. The summed E-state index contributed by atoms with van der Waals surface area (Å²) in [7, 11) is 0. The lowest BCUT2D eigenvalue weighted by Crippen LogP contribution is -2.24. The van der Waals surface area contributed by atoms with E-state index >= 15 is 0 Å². The molecule has 2 aromatic rings. The Morgan fingerprint density at radius 3 is 3.10 bits per heavy atom. The number of hydrogen-bond acceptors (Lipinski definition) is 4. The molecule has 21 heavy (non-hydrogen) atoms. The number of carbonyl (C=O) groups is 1. The molecule has 0 unspecified atom stereocenters. The summed E-state index contributed by atoms with van der Waals surface area (Å²) in [5, 5.41) is 9.38. The maximum Gasteiger partial charge on any atom is 0.257 e. The van der Waals surface area contributed by atoms with E-state index in [4.69, 9.17) is 10.5 Å². The molecule has 1 aromatic heterocycles. The van der Waals surface area contributed by atoms with Gasteiger partial charge in [0, 0.05) is 28.7 Å². The molecule has 0 aliphatic carbocycles. The van der Waals surface area contributed by atoms with Gasteiger partial charge in [-0.3, -0.25) is 9.89 Å². The lowest BCUT2D eigenvalue weighted by atomic mass is 10.1. The van der Waals surface area contributed by atoms with Crippen molar-refractivity contribution in [1.82, 2.24) is 15.5 Å². The molecule has 0 saturated carbocycles. The van der Waals surface area contributed by atoms with Gasteiger partial charge in [-0.25, -0.2) is 0 Å². The molecule has 2 heterocycles. The molecule has 1 aromatic carbocycles. The quantitative estimate of drug-likeness (QED) is 0.788. The van der Waals surface area contributed by atoms with Crippen molar-refractivity contribution in [2.75, 3.05) is 12.3 Å². The summed E-state index contributed by atoms with van der Waals surface area (Å²) >= 11 is 3.48. The van der Waals surface area contributed by atoms with E-state index in [1.165, 1.54) is 0 Å². The number of nitrogens with one attached hydrogen (secondary N) is 2. The Balaban J connectivity index is 1.78. The van der Waals surface area contributed by atoms with E-state index in [1.807, 2.05) is 12.1 Å². The molecule has 0 atom stereocenters. The van der Waals surface area contributed by atoms with Crippen LogP contribution in [-0.4, -0.2) is 22.7 Å². The van der Waals surface area contributed by atoms with Gasteiger partial charge in [0.05, 0.1) is 6.61 Å². The number of H-pyrrole nitrogens is 1. The highest BCUT2D eigenvalue weighted by Gasteiger charge is 2.20. The number of rotatable bonds is 3. The van der Waals surface area contributed by atoms with E-state index < -0.39 is 0 Å². The third kappa shape index (κ3) is 2.61. The van der Waals surface area contributed by atoms with Crippen LogP contribution >= 0.6 is 15.9 Å². The zero-order chi connectivity index (χ0) is 15.0. The largest absolute Gasteiger partial charge is 0.493 e. The number of anilines is 1. The van der Waals surface area contributed by atoms with E-state index in [0.29, 0.717) is 24.4 Å². The van der Waals surface area contributed by atoms with Crippen LogP contribution in [0.4, 0.5) is 5.82 Å². The Kier molecular flexibility index (Phi) is 3.59. The van der Waals surface area contributed by atoms with Gasteiger partial charge in [-0.2, -0.15) is 5.10 Å². The number of hydrogen-bond donors (Lipinski definition) is 3. The fourth-order valence-electron chi connectivity index (χ4n) is 2.48. The van der Waals surface area contributed by atoms with Crippen molar-refractivity contribution in [3.05, 3.63) is 39.0 Å². The van der Waals surface area contributed by atoms with E-state index in [0.717, 1.165) is 27.8 Å². The first-order chi connectivity index (χ1) is 10.1. The van der Waals surface area contributed by atoms with Gasteiger partial charge >= 0.3 is 0 Å². The number of carbonyl (C=O) groups excluding carboxylic acids is 1. The number of nitrogen functional groups attached to an aromatic ring is 1. The Morgan fingerprint density at radius 1 is 1.57 bits per heavy atom. The minimum absolute atomic E-state index is 0.209. The Labute approximate surface area is 130 Å². The number of amides is 1. The highest BCUT2D eigenvalue weighted by Crippen LogP contribution is 2.32. The van der Waals surface area contributed by atoms with E-state index in [9.17, 15) is 4.79 Å². The normalized spacial score (nSPS) is 12.9. The minimum atomic E-state index is -0.245. The highest BCUT2D eigenvalue weighted by atomic mass is 79.9. The summed E-state index contributed by atoms with van der Waals surface area (Å²) in [6.45, 7) is 2.82. The second-order valence-corrected chi connectivity index (χ2v) is 5.86. The predicted molar refractivity (Wildman–Crippen MR) is 82.2 cm³/mol. The minimum Gasteiger partial charge on any atom is -0.493 e. The van der Waals surface area contributed by atoms with Gasteiger partial charge in [-0.1, -0.05) is 15.9 Å². The number of halogens is 1. The summed E-state index contributed by atoms with van der Waals surface area (Å²) < 4.78 is 6.62. The molecule has 0 spiro atoms. The molecule has 6 nitrogen and oxygen atoms in total. The van der Waals surface area contributed by atoms with Crippen LogP contribution in [0.3, 0.4) is 0 Å². The zero-order valence-corrected chi connectivity index (χ0v) is 13.1. The van der Waals surface area contributed by atoms with Gasteiger partial charge < -0.3 is 15.8 Å². The molecular formula is C14H15BrN4O2. The fourth-order valence-corrected chi connectivity index (χ4v) is 3.03. The number of ether oxygens (including phenoxy) is 1. The molecule has 4 N–H and O–H groups in total. The van der Waals surface area contributed by atoms with Crippen molar-refractivity contribution in [1.29, 1.82) is 0 Å². The lowest BCUT2D eigenvalue weighted by molar-refractivity contribution is 0.0951. The molecule has 1 amide bonds. The zero-order valence-electron chi connectivity index (χ0n) is 11.5. The smallest absolute Gasteiger partial charge is 0.257 e. The van der Waals surface area contributed by atoms with Crippen LogP contribution in [0.1, 0.15) is 27.2 Å². The first-order valence-electron chi connectivity index (χ1n) is 6.59. The molecule has 0 fully saturated rings. The van der Waals surface area contributed by atoms with Gasteiger partial charge in [0.2, 0.25) is 0 Å². The van der Waals surface area contributed by atoms with Crippen LogP contribution in [0.25, 0.3) is 0 Å². The highest BCUT2D eigenvalue weighted by molar-refractivity contribution is 9.10. The van der Waals surface area contributed by atoms with Crippen molar-refractivity contribution >= 4 is 27.7 Å². The van der Waals surface area contributed by atoms with Gasteiger partial charge in [-0.15, -0.1) is 0 Å². The number of aryl methyl sites for hydroxylation is 1. The van der Waals surface area contributed by atoms with Crippen molar-refractivity contribution in [2.45, 2.75) is 19.9 Å². The molecule has 1 aliphatic rings.